The average Bonchev–Trinajstić information content (AvgIpc) is 2.85. The van der Waals surface area contributed by atoms with Gasteiger partial charge in [-0.2, -0.15) is 0 Å². The van der Waals surface area contributed by atoms with E-state index in [9.17, 15) is 9.59 Å². The summed E-state index contributed by atoms with van der Waals surface area (Å²) >= 11 is 0. The van der Waals surface area contributed by atoms with Crippen molar-refractivity contribution in [3.05, 3.63) is 36.0 Å². The van der Waals surface area contributed by atoms with Gasteiger partial charge >= 0.3 is 0 Å². The number of nitrogens with one attached hydrogen (secondary N) is 3. The van der Waals surface area contributed by atoms with Crippen molar-refractivity contribution in [2.24, 2.45) is 5.73 Å². The molecular weight excluding hydrogens is 328 g/mol. The van der Waals surface area contributed by atoms with Crippen LogP contribution >= 0.6 is 12.4 Å². The third kappa shape index (κ3) is 4.07. The number of fused-ring (bicyclic) bond motifs is 1. The van der Waals surface area contributed by atoms with Gasteiger partial charge < -0.3 is 21.4 Å². The molecule has 1 saturated heterocycles. The van der Waals surface area contributed by atoms with E-state index < -0.39 is 12.1 Å². The first-order valence-corrected chi connectivity index (χ1v) is 8.04. The molecule has 1 aromatic carbocycles. The molecule has 0 radical (unpaired) electrons. The van der Waals surface area contributed by atoms with E-state index in [0.29, 0.717) is 19.4 Å². The van der Waals surface area contributed by atoms with Gasteiger partial charge in [0.1, 0.15) is 6.04 Å². The molecule has 0 aliphatic carbocycles. The van der Waals surface area contributed by atoms with Gasteiger partial charge in [-0.25, -0.2) is 0 Å². The number of nitrogens with two attached hydrogens (primary N) is 1. The van der Waals surface area contributed by atoms with Crippen LogP contribution in [0.1, 0.15) is 24.8 Å². The number of aromatic nitrogens is 1. The lowest BCUT2D eigenvalue weighted by Crippen LogP contribution is -2.51. The largest absolute Gasteiger partial charge is 0.361 e. The molecule has 1 aliphatic rings. The highest BCUT2D eigenvalue weighted by Gasteiger charge is 2.25. The Balaban J connectivity index is 0.00000208. The number of benzene rings is 1. The minimum absolute atomic E-state index is 0. The zero-order valence-electron chi connectivity index (χ0n) is 13.4. The molecule has 2 aromatic rings. The van der Waals surface area contributed by atoms with Crippen LogP contribution in [0.2, 0.25) is 0 Å². The van der Waals surface area contributed by atoms with Crippen LogP contribution in [0.25, 0.3) is 10.9 Å². The molecule has 130 valence electrons. The Morgan fingerprint density at radius 2 is 2.12 bits per heavy atom. The summed E-state index contributed by atoms with van der Waals surface area (Å²) in [7, 11) is 0. The number of para-hydroxylation sites is 1. The van der Waals surface area contributed by atoms with Crippen LogP contribution in [0.5, 0.6) is 0 Å². The zero-order chi connectivity index (χ0) is 16.2. The average molecular weight is 351 g/mol. The number of aromatic amines is 1. The maximum atomic E-state index is 12.3. The van der Waals surface area contributed by atoms with Gasteiger partial charge in [0.25, 0.3) is 0 Å². The van der Waals surface area contributed by atoms with E-state index in [0.717, 1.165) is 29.3 Å². The molecule has 1 aliphatic heterocycles. The molecule has 6 nitrogen and oxygen atoms in total. The van der Waals surface area contributed by atoms with Crippen molar-refractivity contribution < 1.29 is 9.59 Å². The predicted octanol–water partition coefficient (Wildman–Crippen LogP) is 1.24. The van der Waals surface area contributed by atoms with Crippen molar-refractivity contribution in [1.29, 1.82) is 0 Å². The summed E-state index contributed by atoms with van der Waals surface area (Å²) in [5.74, 6) is -0.396. The maximum Gasteiger partial charge on any atom is 0.242 e. The van der Waals surface area contributed by atoms with E-state index in [2.05, 4.69) is 15.6 Å². The van der Waals surface area contributed by atoms with E-state index in [1.807, 2.05) is 30.5 Å². The fraction of sp³-hybridized carbons (Fsp3) is 0.412. The predicted molar refractivity (Wildman–Crippen MR) is 96.0 cm³/mol. The summed E-state index contributed by atoms with van der Waals surface area (Å²) in [5, 5.41) is 6.66. The smallest absolute Gasteiger partial charge is 0.242 e. The lowest BCUT2D eigenvalue weighted by molar-refractivity contribution is -0.129. The van der Waals surface area contributed by atoms with Crippen LogP contribution in [0.15, 0.2) is 30.5 Å². The second-order valence-corrected chi connectivity index (χ2v) is 6.02. The first-order valence-electron chi connectivity index (χ1n) is 8.04. The Morgan fingerprint density at radius 3 is 2.96 bits per heavy atom. The maximum absolute atomic E-state index is 12.3. The molecule has 7 heteroatoms. The molecule has 0 spiro atoms. The van der Waals surface area contributed by atoms with Crippen LogP contribution in [0.4, 0.5) is 0 Å². The molecule has 1 unspecified atom stereocenters. The molecule has 1 aromatic heterocycles. The quantitative estimate of drug-likeness (QED) is 0.667. The topological polar surface area (TPSA) is 100 Å². The minimum Gasteiger partial charge on any atom is -0.361 e. The molecule has 2 atom stereocenters. The van der Waals surface area contributed by atoms with E-state index in [1.165, 1.54) is 0 Å². The molecule has 0 bridgehead atoms. The van der Waals surface area contributed by atoms with Crippen molar-refractivity contribution >= 4 is 35.1 Å². The Labute approximate surface area is 147 Å². The van der Waals surface area contributed by atoms with Gasteiger partial charge in [-0.1, -0.05) is 18.2 Å². The Hall–Kier alpha value is -2.05. The number of carbonyl (C=O) groups is 2. The summed E-state index contributed by atoms with van der Waals surface area (Å²) in [5.41, 5.74) is 8.08. The highest BCUT2D eigenvalue weighted by atomic mass is 35.5. The lowest BCUT2D eigenvalue weighted by atomic mass is 10.0. The number of halogens is 1. The number of amides is 2. The van der Waals surface area contributed by atoms with Crippen molar-refractivity contribution in [2.45, 2.75) is 37.8 Å². The summed E-state index contributed by atoms with van der Waals surface area (Å²) < 4.78 is 0. The Bertz CT molecular complexity index is 715. The molecule has 5 N–H and O–H groups in total. The highest BCUT2D eigenvalue weighted by molar-refractivity contribution is 5.90. The van der Waals surface area contributed by atoms with Gasteiger partial charge in [0.15, 0.2) is 0 Å². The second-order valence-electron chi connectivity index (χ2n) is 6.02. The Kier molecular flexibility index (Phi) is 6.23. The third-order valence-electron chi connectivity index (χ3n) is 4.30. The molecule has 24 heavy (non-hydrogen) atoms. The van der Waals surface area contributed by atoms with Crippen LogP contribution in [-0.2, 0) is 16.0 Å². The molecule has 1 fully saturated rings. The first kappa shape index (κ1) is 18.3. The van der Waals surface area contributed by atoms with Gasteiger partial charge in [0.2, 0.25) is 11.8 Å². The van der Waals surface area contributed by atoms with Crippen LogP contribution in [-0.4, -0.2) is 35.4 Å². The fourth-order valence-corrected chi connectivity index (χ4v) is 2.99. The summed E-state index contributed by atoms with van der Waals surface area (Å²) in [6.07, 6.45) is 4.85. The number of carbonyl (C=O) groups excluding carboxylic acids is 2. The number of hydrogen-bond donors (Lipinski definition) is 4. The Morgan fingerprint density at radius 1 is 1.33 bits per heavy atom. The van der Waals surface area contributed by atoms with Crippen molar-refractivity contribution in [3.8, 4) is 0 Å². The first-order chi connectivity index (χ1) is 11.1. The molecule has 2 amide bonds. The van der Waals surface area contributed by atoms with E-state index in [4.69, 9.17) is 5.73 Å². The SMILES string of the molecule is Cl.N[C@@H](Cc1c[nH]c2ccccc12)C(=O)NC1CCCCNC1=O. The van der Waals surface area contributed by atoms with Gasteiger partial charge in [0, 0.05) is 23.6 Å². The monoisotopic (exact) mass is 350 g/mol. The van der Waals surface area contributed by atoms with Crippen LogP contribution in [0.3, 0.4) is 0 Å². The molecule has 2 heterocycles. The highest BCUT2D eigenvalue weighted by Crippen LogP contribution is 2.18. The van der Waals surface area contributed by atoms with Gasteiger partial charge in [0.05, 0.1) is 6.04 Å². The normalized spacial score (nSPS) is 19.0. The summed E-state index contributed by atoms with van der Waals surface area (Å²) in [4.78, 5) is 27.4. The number of hydrogen-bond acceptors (Lipinski definition) is 3. The van der Waals surface area contributed by atoms with Gasteiger partial charge in [-0.15, -0.1) is 12.4 Å². The van der Waals surface area contributed by atoms with Crippen molar-refractivity contribution in [2.75, 3.05) is 6.54 Å². The minimum atomic E-state index is -0.676. The van der Waals surface area contributed by atoms with Crippen molar-refractivity contribution in [1.82, 2.24) is 15.6 Å². The number of H-pyrrole nitrogens is 1. The molecular formula is C17H23ClN4O2. The van der Waals surface area contributed by atoms with Crippen LogP contribution in [0, 0.1) is 0 Å². The second kappa shape index (κ2) is 8.17. The summed E-state index contributed by atoms with van der Waals surface area (Å²) in [6.45, 7) is 0.673. The van der Waals surface area contributed by atoms with Gasteiger partial charge in [-0.05, 0) is 37.3 Å². The lowest BCUT2D eigenvalue weighted by Gasteiger charge is -2.18. The van der Waals surface area contributed by atoms with E-state index in [1.54, 1.807) is 0 Å². The molecule has 0 saturated carbocycles. The van der Waals surface area contributed by atoms with Gasteiger partial charge in [-0.3, -0.25) is 9.59 Å². The number of rotatable bonds is 4. The third-order valence-corrected chi connectivity index (χ3v) is 4.30. The van der Waals surface area contributed by atoms with E-state index >= 15 is 0 Å². The summed E-state index contributed by atoms with van der Waals surface area (Å²) in [6, 6.07) is 6.76. The van der Waals surface area contributed by atoms with Crippen LogP contribution < -0.4 is 16.4 Å². The zero-order valence-corrected chi connectivity index (χ0v) is 14.2. The standard InChI is InChI=1S/C17H22N4O2.ClH/c18-13(9-11-10-20-14-6-2-1-5-12(11)14)16(22)21-15-7-3-4-8-19-17(15)23;/h1-2,5-6,10,13,15,20H,3-4,7-9,18H2,(H,19,23)(H,21,22);1H/t13-,15?;/m0./s1. The fourth-order valence-electron chi connectivity index (χ4n) is 2.99. The molecule has 3 rings (SSSR count). The van der Waals surface area contributed by atoms with E-state index in [-0.39, 0.29) is 24.2 Å². The van der Waals surface area contributed by atoms with Crippen molar-refractivity contribution in [3.63, 3.8) is 0 Å².